The number of thiophene rings is 1. The van der Waals surface area contributed by atoms with Crippen LogP contribution in [-0.4, -0.2) is 58.8 Å². The van der Waals surface area contributed by atoms with Crippen LogP contribution in [-0.2, 0) is 0 Å². The van der Waals surface area contributed by atoms with E-state index in [0.717, 1.165) is 49.1 Å². The molecule has 6 heteroatoms. The minimum Gasteiger partial charge on any atom is -0.395 e. The molecule has 2 aromatic heterocycles. The number of nitrogens with zero attached hydrogens (tertiary/aromatic N) is 4. The number of fused-ring (bicyclic) bond motifs is 1. The summed E-state index contributed by atoms with van der Waals surface area (Å²) in [6, 6.07) is 0.289. The number of hydrogen-bond acceptors (Lipinski definition) is 6. The minimum absolute atomic E-state index is 0.247. The number of aliphatic hydroxyl groups excluding tert-OH is 1. The lowest BCUT2D eigenvalue weighted by atomic mass is 10.1. The van der Waals surface area contributed by atoms with Crippen LogP contribution in [0.4, 0.5) is 5.82 Å². The fourth-order valence-corrected chi connectivity index (χ4v) is 4.16. The molecular weight excluding hydrogens is 296 g/mol. The zero-order valence-corrected chi connectivity index (χ0v) is 14.4. The molecule has 1 atom stereocenters. The standard InChI is InChI=1S/C16H24N4OS/c1-4-13(9-21)19-5-7-20(8-6-19)15-14-11(2)10-22-16(14)18-12(3)17-15/h10,13,21H,4-9H2,1-3H3. The maximum Gasteiger partial charge on any atom is 0.141 e. The molecule has 2 aromatic rings. The van der Waals surface area contributed by atoms with Crippen LogP contribution < -0.4 is 4.90 Å². The third-order valence-electron chi connectivity index (χ3n) is 4.52. The second-order valence-electron chi connectivity index (χ2n) is 5.96. The van der Waals surface area contributed by atoms with Crippen molar-refractivity contribution in [2.45, 2.75) is 33.2 Å². The van der Waals surface area contributed by atoms with Crippen molar-refractivity contribution in [2.75, 3.05) is 37.7 Å². The van der Waals surface area contributed by atoms with E-state index in [2.05, 4.69) is 34.0 Å². The highest BCUT2D eigenvalue weighted by atomic mass is 32.1. The van der Waals surface area contributed by atoms with Crippen molar-refractivity contribution in [3.63, 3.8) is 0 Å². The van der Waals surface area contributed by atoms with Crippen molar-refractivity contribution < 1.29 is 5.11 Å². The van der Waals surface area contributed by atoms with E-state index in [0.29, 0.717) is 0 Å². The van der Waals surface area contributed by atoms with Crippen LogP contribution in [0.1, 0.15) is 24.7 Å². The van der Waals surface area contributed by atoms with Crippen molar-refractivity contribution in [3.8, 4) is 0 Å². The second kappa shape index (κ2) is 6.48. The van der Waals surface area contributed by atoms with Crippen LogP contribution in [0.3, 0.4) is 0 Å². The number of rotatable bonds is 4. The number of aromatic nitrogens is 2. The van der Waals surface area contributed by atoms with Gasteiger partial charge in [-0.05, 0) is 31.2 Å². The molecule has 1 fully saturated rings. The molecule has 1 unspecified atom stereocenters. The van der Waals surface area contributed by atoms with Gasteiger partial charge in [0.1, 0.15) is 16.5 Å². The van der Waals surface area contributed by atoms with Gasteiger partial charge in [-0.25, -0.2) is 9.97 Å². The molecule has 1 N–H and O–H groups in total. The topological polar surface area (TPSA) is 52.5 Å². The highest BCUT2D eigenvalue weighted by molar-refractivity contribution is 7.17. The van der Waals surface area contributed by atoms with Gasteiger partial charge in [-0.3, -0.25) is 4.90 Å². The van der Waals surface area contributed by atoms with Gasteiger partial charge in [0.05, 0.1) is 12.0 Å². The second-order valence-corrected chi connectivity index (χ2v) is 6.82. The molecule has 22 heavy (non-hydrogen) atoms. The maximum atomic E-state index is 9.47. The highest BCUT2D eigenvalue weighted by Gasteiger charge is 2.25. The molecule has 1 aliphatic rings. The van der Waals surface area contributed by atoms with Crippen molar-refractivity contribution in [1.29, 1.82) is 0 Å². The van der Waals surface area contributed by atoms with E-state index >= 15 is 0 Å². The summed E-state index contributed by atoms with van der Waals surface area (Å²) in [7, 11) is 0. The minimum atomic E-state index is 0.247. The van der Waals surface area contributed by atoms with Crippen LogP contribution in [0.15, 0.2) is 5.38 Å². The summed E-state index contributed by atoms with van der Waals surface area (Å²) in [4.78, 5) is 15.1. The van der Waals surface area contributed by atoms with Gasteiger partial charge in [0.15, 0.2) is 0 Å². The molecule has 0 spiro atoms. The maximum absolute atomic E-state index is 9.47. The summed E-state index contributed by atoms with van der Waals surface area (Å²) in [6.07, 6.45) is 0.997. The van der Waals surface area contributed by atoms with E-state index in [1.165, 1.54) is 10.9 Å². The average Bonchev–Trinajstić information content (AvgIpc) is 2.89. The molecule has 0 aliphatic carbocycles. The summed E-state index contributed by atoms with van der Waals surface area (Å²) in [5, 5.41) is 12.8. The Morgan fingerprint density at radius 3 is 2.59 bits per heavy atom. The Hall–Kier alpha value is -1.24. The predicted molar refractivity (Wildman–Crippen MR) is 91.8 cm³/mol. The van der Waals surface area contributed by atoms with Crippen molar-refractivity contribution in [3.05, 3.63) is 16.8 Å². The van der Waals surface area contributed by atoms with Crippen LogP contribution >= 0.6 is 11.3 Å². The fraction of sp³-hybridized carbons (Fsp3) is 0.625. The van der Waals surface area contributed by atoms with E-state index in [4.69, 9.17) is 4.98 Å². The Morgan fingerprint density at radius 1 is 1.23 bits per heavy atom. The van der Waals surface area contributed by atoms with Gasteiger partial charge in [-0.1, -0.05) is 6.92 Å². The number of aryl methyl sites for hydroxylation is 2. The Kier molecular flexibility index (Phi) is 4.61. The molecule has 3 heterocycles. The molecule has 3 rings (SSSR count). The molecule has 5 nitrogen and oxygen atoms in total. The Morgan fingerprint density at radius 2 is 1.95 bits per heavy atom. The number of hydrogen-bond donors (Lipinski definition) is 1. The van der Waals surface area contributed by atoms with Crippen LogP contribution in [0.5, 0.6) is 0 Å². The first kappa shape index (κ1) is 15.6. The smallest absolute Gasteiger partial charge is 0.141 e. The lowest BCUT2D eigenvalue weighted by molar-refractivity contribution is 0.114. The molecule has 0 radical (unpaired) electrons. The number of anilines is 1. The molecule has 0 saturated carbocycles. The molecule has 0 bridgehead atoms. The number of aliphatic hydroxyl groups is 1. The summed E-state index contributed by atoms with van der Waals surface area (Å²) in [5.74, 6) is 1.92. The third-order valence-corrected chi connectivity index (χ3v) is 5.51. The highest BCUT2D eigenvalue weighted by Crippen LogP contribution is 2.32. The first-order valence-corrected chi connectivity index (χ1v) is 8.84. The van der Waals surface area contributed by atoms with Gasteiger partial charge in [0, 0.05) is 32.2 Å². The number of piperazine rings is 1. The predicted octanol–water partition coefficient (Wildman–Crippen LogP) is 2.20. The quantitative estimate of drug-likeness (QED) is 0.936. The summed E-state index contributed by atoms with van der Waals surface area (Å²) in [5.41, 5.74) is 1.26. The van der Waals surface area contributed by atoms with Gasteiger partial charge < -0.3 is 10.0 Å². The normalized spacial score (nSPS) is 18.1. The largest absolute Gasteiger partial charge is 0.395 e. The Bertz CT molecular complexity index is 645. The monoisotopic (exact) mass is 320 g/mol. The van der Waals surface area contributed by atoms with Crippen LogP contribution in [0.2, 0.25) is 0 Å². The Labute approximate surface area is 135 Å². The first-order chi connectivity index (χ1) is 10.6. The van der Waals surface area contributed by atoms with E-state index in [-0.39, 0.29) is 12.6 Å². The Balaban J connectivity index is 1.83. The van der Waals surface area contributed by atoms with E-state index < -0.39 is 0 Å². The zero-order valence-electron chi connectivity index (χ0n) is 13.5. The molecule has 0 aromatic carbocycles. The third kappa shape index (κ3) is 2.83. The van der Waals surface area contributed by atoms with E-state index in [1.807, 2.05) is 6.92 Å². The van der Waals surface area contributed by atoms with Crippen LogP contribution in [0.25, 0.3) is 10.2 Å². The van der Waals surface area contributed by atoms with Gasteiger partial charge in [-0.15, -0.1) is 11.3 Å². The average molecular weight is 320 g/mol. The lowest BCUT2D eigenvalue weighted by Crippen LogP contribution is -2.51. The van der Waals surface area contributed by atoms with Crippen LogP contribution in [0, 0.1) is 13.8 Å². The van der Waals surface area contributed by atoms with Gasteiger partial charge in [0.25, 0.3) is 0 Å². The summed E-state index contributed by atoms with van der Waals surface area (Å²) >= 11 is 1.70. The molecule has 1 saturated heterocycles. The SMILES string of the molecule is CCC(CO)N1CCN(c2nc(C)nc3scc(C)c23)CC1. The van der Waals surface area contributed by atoms with Crippen molar-refractivity contribution in [2.24, 2.45) is 0 Å². The van der Waals surface area contributed by atoms with Gasteiger partial charge >= 0.3 is 0 Å². The fourth-order valence-electron chi connectivity index (χ4n) is 3.20. The molecule has 1 aliphatic heterocycles. The van der Waals surface area contributed by atoms with Gasteiger partial charge in [0.2, 0.25) is 0 Å². The summed E-state index contributed by atoms with van der Waals surface area (Å²) in [6.45, 7) is 10.4. The van der Waals surface area contributed by atoms with Crippen molar-refractivity contribution in [1.82, 2.24) is 14.9 Å². The first-order valence-electron chi connectivity index (χ1n) is 7.96. The summed E-state index contributed by atoms with van der Waals surface area (Å²) < 4.78 is 0. The zero-order chi connectivity index (χ0) is 15.7. The van der Waals surface area contributed by atoms with Crippen molar-refractivity contribution >= 4 is 27.4 Å². The van der Waals surface area contributed by atoms with E-state index in [1.54, 1.807) is 11.3 Å². The van der Waals surface area contributed by atoms with Gasteiger partial charge in [-0.2, -0.15) is 0 Å². The lowest BCUT2D eigenvalue weighted by Gasteiger charge is -2.39. The molecular formula is C16H24N4OS. The molecule has 0 amide bonds. The van der Waals surface area contributed by atoms with E-state index in [9.17, 15) is 5.11 Å². The molecule has 120 valence electrons.